The van der Waals surface area contributed by atoms with Gasteiger partial charge in [0, 0.05) is 41.7 Å². The first-order chi connectivity index (χ1) is 14.1. The number of carboxylic acids is 1. The lowest BCUT2D eigenvalue weighted by Gasteiger charge is -2.10. The number of carbonyl (C=O) groups excluding carboxylic acids is 1. The number of pyridine rings is 1. The minimum absolute atomic E-state index is 0.196. The van der Waals surface area contributed by atoms with Crippen LogP contribution in [-0.4, -0.2) is 45.6 Å². The number of imidazole rings is 1. The third-order valence-electron chi connectivity index (χ3n) is 4.67. The second-order valence-electron chi connectivity index (χ2n) is 6.46. The average Bonchev–Trinajstić information content (AvgIpc) is 3.14. The molecule has 146 valence electrons. The van der Waals surface area contributed by atoms with Gasteiger partial charge in [0.15, 0.2) is 0 Å². The molecule has 4 aromatic rings. The predicted octanol–water partition coefficient (Wildman–Crippen LogP) is 2.79. The summed E-state index contributed by atoms with van der Waals surface area (Å²) in [6.07, 6.45) is 3.79. The van der Waals surface area contributed by atoms with Gasteiger partial charge in [-0.1, -0.05) is 0 Å². The van der Waals surface area contributed by atoms with Crippen molar-refractivity contribution in [2.45, 2.75) is 6.42 Å². The second kappa shape index (κ2) is 7.59. The first-order valence-electron chi connectivity index (χ1n) is 8.97. The number of hydrogen-bond donors (Lipinski definition) is 3. The van der Waals surface area contributed by atoms with Crippen LogP contribution in [0.15, 0.2) is 48.8 Å². The fraction of sp³-hybridized carbons (Fsp3) is 0.143. The van der Waals surface area contributed by atoms with Crippen LogP contribution in [0.4, 0.5) is 0 Å². The Kier molecular flexibility index (Phi) is 4.82. The summed E-state index contributed by atoms with van der Waals surface area (Å²) in [7, 11) is 1.58. The number of methoxy groups -OCH3 is 1. The van der Waals surface area contributed by atoms with Crippen molar-refractivity contribution in [3.05, 3.63) is 65.7 Å². The van der Waals surface area contributed by atoms with Crippen LogP contribution in [0.5, 0.6) is 5.75 Å². The molecule has 0 saturated heterocycles. The zero-order valence-corrected chi connectivity index (χ0v) is 15.6. The summed E-state index contributed by atoms with van der Waals surface area (Å²) >= 11 is 0. The van der Waals surface area contributed by atoms with Gasteiger partial charge in [-0.05, 0) is 36.4 Å². The molecule has 8 heteroatoms. The highest BCUT2D eigenvalue weighted by Gasteiger charge is 2.13. The number of hydrogen-bond acceptors (Lipinski definition) is 5. The maximum absolute atomic E-state index is 12.7. The van der Waals surface area contributed by atoms with E-state index in [4.69, 9.17) is 9.84 Å². The Morgan fingerprint density at radius 2 is 2.03 bits per heavy atom. The van der Waals surface area contributed by atoms with Crippen LogP contribution in [0.1, 0.15) is 26.5 Å². The summed E-state index contributed by atoms with van der Waals surface area (Å²) in [6.45, 7) is 0.378. The molecule has 0 aliphatic heterocycles. The molecule has 3 N–H and O–H groups in total. The van der Waals surface area contributed by atoms with Gasteiger partial charge in [0.05, 0.1) is 23.7 Å². The Morgan fingerprint density at radius 3 is 2.83 bits per heavy atom. The van der Waals surface area contributed by atoms with Crippen LogP contribution < -0.4 is 10.1 Å². The molecule has 1 amide bonds. The van der Waals surface area contributed by atoms with E-state index in [-0.39, 0.29) is 11.5 Å². The van der Waals surface area contributed by atoms with E-state index < -0.39 is 5.97 Å². The summed E-state index contributed by atoms with van der Waals surface area (Å²) in [5, 5.41) is 13.5. The van der Waals surface area contributed by atoms with E-state index in [9.17, 15) is 9.59 Å². The van der Waals surface area contributed by atoms with Crippen molar-refractivity contribution in [2.75, 3.05) is 13.7 Å². The number of ether oxygens (including phenoxy) is 1. The van der Waals surface area contributed by atoms with E-state index in [1.807, 2.05) is 0 Å². The van der Waals surface area contributed by atoms with E-state index in [0.29, 0.717) is 41.1 Å². The summed E-state index contributed by atoms with van der Waals surface area (Å²) in [6, 6.07) is 9.98. The standard InChI is InChI=1S/C21H18N4O4/c1-29-18-5-3-14(13-6-8-22-11-15(13)18)20(26)23-9-7-19-24-16-4-2-12(21(27)28)10-17(16)25-19/h2-6,8,10-11H,7,9H2,1H3,(H,23,26)(H,24,25)(H,27,28). The van der Waals surface area contributed by atoms with E-state index in [1.165, 1.54) is 6.07 Å². The molecule has 0 unspecified atom stereocenters. The number of fused-ring (bicyclic) bond motifs is 2. The number of carboxylic acid groups (broad SMARTS) is 1. The van der Waals surface area contributed by atoms with E-state index in [2.05, 4.69) is 20.3 Å². The van der Waals surface area contributed by atoms with Crippen LogP contribution in [0.25, 0.3) is 21.8 Å². The van der Waals surface area contributed by atoms with Crippen LogP contribution in [-0.2, 0) is 6.42 Å². The monoisotopic (exact) mass is 390 g/mol. The maximum Gasteiger partial charge on any atom is 0.335 e. The fourth-order valence-corrected chi connectivity index (χ4v) is 3.24. The third-order valence-corrected chi connectivity index (χ3v) is 4.67. The van der Waals surface area contributed by atoms with Gasteiger partial charge in [0.25, 0.3) is 5.91 Å². The van der Waals surface area contributed by atoms with Gasteiger partial charge in [-0.25, -0.2) is 9.78 Å². The number of benzene rings is 2. The number of aromatic nitrogens is 3. The summed E-state index contributed by atoms with van der Waals surface area (Å²) < 4.78 is 5.33. The molecule has 29 heavy (non-hydrogen) atoms. The molecule has 0 bridgehead atoms. The maximum atomic E-state index is 12.7. The minimum Gasteiger partial charge on any atom is -0.496 e. The highest BCUT2D eigenvalue weighted by molar-refractivity contribution is 6.08. The van der Waals surface area contributed by atoms with Crippen LogP contribution in [0.2, 0.25) is 0 Å². The molecule has 0 aliphatic carbocycles. The second-order valence-corrected chi connectivity index (χ2v) is 6.46. The molecule has 0 spiro atoms. The number of H-pyrrole nitrogens is 1. The van der Waals surface area contributed by atoms with Gasteiger partial charge < -0.3 is 20.1 Å². The number of nitrogens with one attached hydrogen (secondary N) is 2. The zero-order chi connectivity index (χ0) is 20.4. The van der Waals surface area contributed by atoms with Crippen LogP contribution in [0, 0.1) is 0 Å². The largest absolute Gasteiger partial charge is 0.496 e. The molecule has 0 fully saturated rings. The number of amides is 1. The Labute approximate surface area is 165 Å². The minimum atomic E-state index is -0.989. The topological polar surface area (TPSA) is 117 Å². The Morgan fingerprint density at radius 1 is 1.17 bits per heavy atom. The molecule has 0 saturated carbocycles. The Balaban J connectivity index is 1.47. The average molecular weight is 390 g/mol. The van der Waals surface area contributed by atoms with Crippen LogP contribution in [0.3, 0.4) is 0 Å². The Hall–Kier alpha value is -3.94. The van der Waals surface area contributed by atoms with Crippen molar-refractivity contribution in [2.24, 2.45) is 0 Å². The summed E-state index contributed by atoms with van der Waals surface area (Å²) in [5.74, 6) is 0.143. The normalized spacial score (nSPS) is 10.9. The lowest BCUT2D eigenvalue weighted by Crippen LogP contribution is -2.26. The van der Waals surface area contributed by atoms with Crippen molar-refractivity contribution in [3.63, 3.8) is 0 Å². The number of aromatic carboxylic acids is 1. The van der Waals surface area contributed by atoms with Gasteiger partial charge in [-0.2, -0.15) is 0 Å². The lowest BCUT2D eigenvalue weighted by molar-refractivity contribution is 0.0696. The van der Waals surface area contributed by atoms with Gasteiger partial charge in [0.2, 0.25) is 0 Å². The molecule has 4 rings (SSSR count). The molecule has 8 nitrogen and oxygen atoms in total. The first-order valence-corrected chi connectivity index (χ1v) is 8.97. The van der Waals surface area contributed by atoms with Gasteiger partial charge in [0.1, 0.15) is 11.6 Å². The van der Waals surface area contributed by atoms with Gasteiger partial charge >= 0.3 is 5.97 Å². The smallest absolute Gasteiger partial charge is 0.335 e. The van der Waals surface area contributed by atoms with Crippen molar-refractivity contribution >= 4 is 33.7 Å². The van der Waals surface area contributed by atoms with Crippen molar-refractivity contribution < 1.29 is 19.4 Å². The predicted molar refractivity (Wildman–Crippen MR) is 107 cm³/mol. The molecule has 2 aromatic heterocycles. The van der Waals surface area contributed by atoms with Crippen molar-refractivity contribution in [1.82, 2.24) is 20.3 Å². The number of aromatic amines is 1. The van der Waals surface area contributed by atoms with Crippen molar-refractivity contribution in [1.29, 1.82) is 0 Å². The molecule has 0 atom stereocenters. The molecule has 0 radical (unpaired) electrons. The highest BCUT2D eigenvalue weighted by atomic mass is 16.5. The molecule has 0 aliphatic rings. The van der Waals surface area contributed by atoms with Gasteiger partial charge in [-0.15, -0.1) is 0 Å². The van der Waals surface area contributed by atoms with E-state index >= 15 is 0 Å². The molecular formula is C21H18N4O4. The highest BCUT2D eigenvalue weighted by Crippen LogP contribution is 2.27. The number of nitrogens with zero attached hydrogens (tertiary/aromatic N) is 2. The molecule has 2 aromatic carbocycles. The van der Waals surface area contributed by atoms with E-state index in [0.717, 1.165) is 10.8 Å². The van der Waals surface area contributed by atoms with Crippen molar-refractivity contribution in [3.8, 4) is 5.75 Å². The first kappa shape index (κ1) is 18.4. The lowest BCUT2D eigenvalue weighted by atomic mass is 10.1. The zero-order valence-electron chi connectivity index (χ0n) is 15.6. The third kappa shape index (κ3) is 3.60. The molecular weight excluding hydrogens is 372 g/mol. The van der Waals surface area contributed by atoms with Gasteiger partial charge in [-0.3, -0.25) is 9.78 Å². The number of carbonyl (C=O) groups is 2. The summed E-state index contributed by atoms with van der Waals surface area (Å²) in [5.41, 5.74) is 2.07. The SMILES string of the molecule is COc1ccc(C(=O)NCCc2nc3ccc(C(=O)O)cc3[nH]2)c2ccncc12. The Bertz CT molecular complexity index is 1230. The van der Waals surface area contributed by atoms with Crippen LogP contribution >= 0.6 is 0 Å². The fourth-order valence-electron chi connectivity index (χ4n) is 3.24. The quantitative estimate of drug-likeness (QED) is 0.466. The van der Waals surface area contributed by atoms with E-state index in [1.54, 1.807) is 49.8 Å². The molecule has 2 heterocycles. The summed E-state index contributed by atoms with van der Waals surface area (Å²) in [4.78, 5) is 35.4. The number of rotatable bonds is 6.